The molecule has 0 unspecified atom stereocenters. The fourth-order valence-corrected chi connectivity index (χ4v) is 4.77. The lowest BCUT2D eigenvalue weighted by Crippen LogP contribution is -3.06. The SMILES string of the molecule is CCC(=O)[C@](c1ccc(-c2ccccc2)cc1)(c1c(F)c(F)cc(F)c1F)[C@H](C)C[NH+](C)C. The van der Waals surface area contributed by atoms with Crippen LogP contribution in [0.4, 0.5) is 17.6 Å². The number of carbonyl (C=O) groups is 1. The number of ketones is 1. The third-order valence-corrected chi connectivity index (χ3v) is 6.17. The zero-order valence-electron chi connectivity index (χ0n) is 19.2. The molecule has 3 aromatic rings. The van der Waals surface area contributed by atoms with Gasteiger partial charge in [0.1, 0.15) is 5.78 Å². The Hall–Kier alpha value is -2.99. The van der Waals surface area contributed by atoms with Gasteiger partial charge >= 0.3 is 0 Å². The van der Waals surface area contributed by atoms with Gasteiger partial charge in [-0.05, 0) is 16.7 Å². The normalized spacial score (nSPS) is 14.2. The van der Waals surface area contributed by atoms with Gasteiger partial charge < -0.3 is 4.90 Å². The predicted octanol–water partition coefficient (Wildman–Crippen LogP) is 4.96. The van der Waals surface area contributed by atoms with E-state index in [1.165, 1.54) is 0 Å². The smallest absolute Gasteiger partial charge is 0.166 e. The molecule has 1 N–H and O–H groups in total. The van der Waals surface area contributed by atoms with Crippen molar-refractivity contribution < 1.29 is 27.3 Å². The van der Waals surface area contributed by atoms with E-state index in [0.717, 1.165) is 16.0 Å². The van der Waals surface area contributed by atoms with Gasteiger partial charge in [0.2, 0.25) is 0 Å². The van der Waals surface area contributed by atoms with E-state index in [9.17, 15) is 13.6 Å². The molecule has 0 amide bonds. The minimum Gasteiger partial charge on any atom is -0.340 e. The molecular formula is C27H28F4NO+. The van der Waals surface area contributed by atoms with Crippen LogP contribution in [0.5, 0.6) is 0 Å². The van der Waals surface area contributed by atoms with Gasteiger partial charge in [0, 0.05) is 24.0 Å². The predicted molar refractivity (Wildman–Crippen MR) is 121 cm³/mol. The van der Waals surface area contributed by atoms with Crippen LogP contribution in [0, 0.1) is 29.2 Å². The van der Waals surface area contributed by atoms with Gasteiger partial charge in [-0.1, -0.05) is 68.4 Å². The van der Waals surface area contributed by atoms with Gasteiger partial charge in [-0.15, -0.1) is 0 Å². The van der Waals surface area contributed by atoms with E-state index < -0.39 is 45.9 Å². The number of halogens is 4. The first kappa shape index (κ1) is 24.6. The summed E-state index contributed by atoms with van der Waals surface area (Å²) in [7, 11) is 3.68. The first-order valence-electron chi connectivity index (χ1n) is 11.0. The molecule has 0 fully saturated rings. The average molecular weight is 459 g/mol. The molecule has 0 aliphatic rings. The maximum Gasteiger partial charge on any atom is 0.166 e. The molecule has 2 nitrogen and oxygen atoms in total. The maximum absolute atomic E-state index is 15.2. The van der Waals surface area contributed by atoms with Crippen molar-refractivity contribution in [3.63, 3.8) is 0 Å². The molecule has 0 aromatic heterocycles. The zero-order valence-corrected chi connectivity index (χ0v) is 19.2. The zero-order chi connectivity index (χ0) is 24.3. The number of carbonyl (C=O) groups excluding carboxylic acids is 1. The Bertz CT molecular complexity index is 1100. The molecule has 3 aromatic carbocycles. The van der Waals surface area contributed by atoms with E-state index in [1.54, 1.807) is 38.1 Å². The highest BCUT2D eigenvalue weighted by Gasteiger charge is 2.51. The van der Waals surface area contributed by atoms with Crippen LogP contribution in [0.25, 0.3) is 11.1 Å². The van der Waals surface area contributed by atoms with Crippen molar-refractivity contribution in [1.29, 1.82) is 0 Å². The number of quaternary nitrogens is 1. The molecule has 6 heteroatoms. The van der Waals surface area contributed by atoms with Crippen LogP contribution in [-0.4, -0.2) is 26.4 Å². The van der Waals surface area contributed by atoms with E-state index in [1.807, 2.05) is 44.4 Å². The van der Waals surface area contributed by atoms with Gasteiger partial charge in [0.25, 0.3) is 0 Å². The first-order valence-corrected chi connectivity index (χ1v) is 11.0. The lowest BCUT2D eigenvalue weighted by atomic mass is 9.62. The highest BCUT2D eigenvalue weighted by atomic mass is 19.2. The molecular weight excluding hydrogens is 430 g/mol. The van der Waals surface area contributed by atoms with Crippen LogP contribution in [0.1, 0.15) is 31.4 Å². The Morgan fingerprint density at radius 3 is 1.88 bits per heavy atom. The lowest BCUT2D eigenvalue weighted by molar-refractivity contribution is -0.862. The summed E-state index contributed by atoms with van der Waals surface area (Å²) in [6, 6.07) is 16.4. The highest BCUT2D eigenvalue weighted by Crippen LogP contribution is 2.44. The summed E-state index contributed by atoms with van der Waals surface area (Å²) in [5, 5.41) is 0. The topological polar surface area (TPSA) is 21.5 Å². The first-order chi connectivity index (χ1) is 15.6. The van der Waals surface area contributed by atoms with Crippen molar-refractivity contribution in [3.8, 4) is 11.1 Å². The van der Waals surface area contributed by atoms with Crippen molar-refractivity contribution in [2.24, 2.45) is 5.92 Å². The van der Waals surface area contributed by atoms with Crippen molar-refractivity contribution in [2.45, 2.75) is 25.7 Å². The number of benzene rings is 3. The molecule has 3 rings (SSSR count). The standard InChI is InChI=1S/C27H27F4NO/c1-5-23(33)27(17(2)16-32(3)4,24-25(30)21(28)15-22(29)26(24)31)20-13-11-19(12-14-20)18-9-7-6-8-10-18/h6-15,17H,5,16H2,1-4H3/p+1/t17-,27+/m1/s1. The maximum atomic E-state index is 15.2. The second-order valence-electron chi connectivity index (χ2n) is 8.68. The number of rotatable bonds is 8. The van der Waals surface area contributed by atoms with E-state index in [-0.39, 0.29) is 12.5 Å². The molecule has 0 bridgehead atoms. The Morgan fingerprint density at radius 2 is 1.39 bits per heavy atom. The minimum atomic E-state index is -1.90. The van der Waals surface area contributed by atoms with Crippen molar-refractivity contribution >= 4 is 5.78 Å². The summed E-state index contributed by atoms with van der Waals surface area (Å²) in [5.41, 5.74) is -0.706. The van der Waals surface area contributed by atoms with Gasteiger partial charge in [-0.25, -0.2) is 17.6 Å². The van der Waals surface area contributed by atoms with Crippen LogP contribution < -0.4 is 4.90 Å². The van der Waals surface area contributed by atoms with Crippen molar-refractivity contribution in [1.82, 2.24) is 0 Å². The number of hydrogen-bond acceptors (Lipinski definition) is 1. The number of hydrogen-bond donors (Lipinski definition) is 1. The Morgan fingerprint density at radius 1 is 0.879 bits per heavy atom. The minimum absolute atomic E-state index is 0.0649. The lowest BCUT2D eigenvalue weighted by Gasteiger charge is -2.39. The largest absolute Gasteiger partial charge is 0.340 e. The van der Waals surface area contributed by atoms with Gasteiger partial charge in [-0.2, -0.15) is 0 Å². The average Bonchev–Trinajstić information content (AvgIpc) is 2.80. The summed E-state index contributed by atoms with van der Waals surface area (Å²) in [6.45, 7) is 3.60. The third kappa shape index (κ3) is 4.44. The van der Waals surface area contributed by atoms with E-state index in [2.05, 4.69) is 0 Å². The van der Waals surface area contributed by atoms with E-state index in [4.69, 9.17) is 0 Å². The Labute approximate surface area is 191 Å². The molecule has 0 spiro atoms. The molecule has 0 aliphatic carbocycles. The summed E-state index contributed by atoms with van der Waals surface area (Å²) >= 11 is 0. The highest BCUT2D eigenvalue weighted by molar-refractivity contribution is 5.94. The van der Waals surface area contributed by atoms with Crippen LogP contribution >= 0.6 is 0 Å². The fraction of sp³-hybridized carbons (Fsp3) is 0.296. The summed E-state index contributed by atoms with van der Waals surface area (Å²) in [4.78, 5) is 14.5. The molecule has 0 radical (unpaired) electrons. The van der Waals surface area contributed by atoms with Crippen LogP contribution in [0.15, 0.2) is 60.7 Å². The van der Waals surface area contributed by atoms with Crippen molar-refractivity contribution in [3.05, 3.63) is 95.1 Å². The van der Waals surface area contributed by atoms with Gasteiger partial charge in [0.05, 0.1) is 26.1 Å². The van der Waals surface area contributed by atoms with Gasteiger partial charge in [0.15, 0.2) is 23.3 Å². The second-order valence-corrected chi connectivity index (χ2v) is 8.68. The number of nitrogens with one attached hydrogen (secondary N) is 1. The molecule has 33 heavy (non-hydrogen) atoms. The monoisotopic (exact) mass is 458 g/mol. The quantitative estimate of drug-likeness (QED) is 0.374. The summed E-state index contributed by atoms with van der Waals surface area (Å²) in [6.07, 6.45) is -0.0649. The Balaban J connectivity index is 2.36. The van der Waals surface area contributed by atoms with Crippen LogP contribution in [0.3, 0.4) is 0 Å². The molecule has 0 saturated heterocycles. The molecule has 0 heterocycles. The summed E-state index contributed by atoms with van der Waals surface area (Å²) in [5.74, 6) is -7.30. The third-order valence-electron chi connectivity index (χ3n) is 6.17. The van der Waals surface area contributed by atoms with Gasteiger partial charge in [-0.3, -0.25) is 4.79 Å². The Kier molecular flexibility index (Phi) is 7.38. The molecule has 0 saturated carbocycles. The number of Topliss-reactive ketones (excluding diaryl/α,β-unsaturated/α-hetero) is 1. The molecule has 0 aliphatic heterocycles. The fourth-order valence-electron chi connectivity index (χ4n) is 4.77. The van der Waals surface area contributed by atoms with E-state index in [0.29, 0.717) is 12.1 Å². The van der Waals surface area contributed by atoms with Crippen LogP contribution in [0.2, 0.25) is 0 Å². The van der Waals surface area contributed by atoms with Crippen LogP contribution in [-0.2, 0) is 10.2 Å². The molecule has 174 valence electrons. The van der Waals surface area contributed by atoms with E-state index >= 15 is 8.78 Å². The van der Waals surface area contributed by atoms with Crippen molar-refractivity contribution in [2.75, 3.05) is 20.6 Å². The summed E-state index contributed by atoms with van der Waals surface area (Å²) < 4.78 is 59.1. The second kappa shape index (κ2) is 9.87. The molecule has 2 atom stereocenters.